The monoisotopic (exact) mass is 326 g/mol. The number of unbranched alkanes of at least 4 members (excludes halogenated alkanes) is 3. The molecule has 0 atom stereocenters. The number of alkyl halides is 1. The fraction of sp³-hybridized carbons (Fsp3) is 1.00. The first-order valence-electron chi connectivity index (χ1n) is 6.11. The standard InChI is InChI=1S/C12H23IO2/c1-2-3-4-5-8-15-12(11-13)6-9-14-10-7-12/h2-11H2,1H3. The van der Waals surface area contributed by atoms with Crippen LogP contribution in [0.5, 0.6) is 0 Å². The molecule has 15 heavy (non-hydrogen) atoms. The smallest absolute Gasteiger partial charge is 0.0815 e. The summed E-state index contributed by atoms with van der Waals surface area (Å²) in [4.78, 5) is 0. The molecule has 0 aliphatic carbocycles. The third-order valence-electron chi connectivity index (χ3n) is 3.05. The maximum Gasteiger partial charge on any atom is 0.0815 e. The molecule has 3 heteroatoms. The molecular formula is C12H23IO2. The van der Waals surface area contributed by atoms with Crippen LogP contribution in [0.15, 0.2) is 0 Å². The minimum atomic E-state index is 0.130. The van der Waals surface area contributed by atoms with E-state index in [2.05, 4.69) is 29.5 Å². The van der Waals surface area contributed by atoms with Crippen molar-refractivity contribution in [3.05, 3.63) is 0 Å². The fourth-order valence-corrected chi connectivity index (χ4v) is 2.86. The van der Waals surface area contributed by atoms with Crippen molar-refractivity contribution in [1.29, 1.82) is 0 Å². The molecule has 0 spiro atoms. The minimum absolute atomic E-state index is 0.130. The fourth-order valence-electron chi connectivity index (χ4n) is 1.88. The second-order valence-electron chi connectivity index (χ2n) is 4.34. The summed E-state index contributed by atoms with van der Waals surface area (Å²) in [6, 6.07) is 0. The SMILES string of the molecule is CCCCCCOC1(CI)CCOCC1. The van der Waals surface area contributed by atoms with Gasteiger partial charge >= 0.3 is 0 Å². The molecule has 1 heterocycles. The highest BCUT2D eigenvalue weighted by molar-refractivity contribution is 14.1. The summed E-state index contributed by atoms with van der Waals surface area (Å²) >= 11 is 2.45. The van der Waals surface area contributed by atoms with Crippen molar-refractivity contribution in [2.45, 2.75) is 51.0 Å². The summed E-state index contributed by atoms with van der Waals surface area (Å²) in [7, 11) is 0. The first-order chi connectivity index (χ1) is 7.33. The third-order valence-corrected chi connectivity index (χ3v) is 4.44. The van der Waals surface area contributed by atoms with Crippen molar-refractivity contribution in [1.82, 2.24) is 0 Å². The van der Waals surface area contributed by atoms with Gasteiger partial charge in [0.25, 0.3) is 0 Å². The predicted molar refractivity (Wildman–Crippen MR) is 71.8 cm³/mol. The summed E-state index contributed by atoms with van der Waals surface area (Å²) in [6.45, 7) is 4.92. The van der Waals surface area contributed by atoms with Crippen molar-refractivity contribution in [2.75, 3.05) is 24.2 Å². The molecule has 0 saturated carbocycles. The van der Waals surface area contributed by atoms with E-state index in [-0.39, 0.29) is 5.60 Å². The molecule has 0 N–H and O–H groups in total. The van der Waals surface area contributed by atoms with Gasteiger partial charge < -0.3 is 9.47 Å². The molecule has 0 aromatic heterocycles. The normalized spacial score (nSPS) is 20.4. The topological polar surface area (TPSA) is 18.5 Å². The van der Waals surface area contributed by atoms with E-state index in [1.165, 1.54) is 25.7 Å². The van der Waals surface area contributed by atoms with Gasteiger partial charge in [-0.1, -0.05) is 48.8 Å². The number of hydrogen-bond acceptors (Lipinski definition) is 2. The molecule has 0 radical (unpaired) electrons. The van der Waals surface area contributed by atoms with Gasteiger partial charge in [0.05, 0.1) is 5.60 Å². The zero-order valence-electron chi connectivity index (χ0n) is 9.77. The number of hydrogen-bond donors (Lipinski definition) is 0. The molecule has 0 aromatic carbocycles. The van der Waals surface area contributed by atoms with Gasteiger partial charge in [0.1, 0.15) is 0 Å². The Labute approximate surface area is 107 Å². The summed E-state index contributed by atoms with van der Waals surface area (Å²) in [5.41, 5.74) is 0.130. The Morgan fingerprint density at radius 3 is 2.53 bits per heavy atom. The van der Waals surface area contributed by atoms with Crippen LogP contribution >= 0.6 is 22.6 Å². The first kappa shape index (κ1) is 13.7. The first-order valence-corrected chi connectivity index (χ1v) is 7.63. The van der Waals surface area contributed by atoms with Gasteiger partial charge in [-0.2, -0.15) is 0 Å². The lowest BCUT2D eigenvalue weighted by Gasteiger charge is -2.35. The van der Waals surface area contributed by atoms with E-state index in [4.69, 9.17) is 9.47 Å². The maximum absolute atomic E-state index is 6.08. The van der Waals surface area contributed by atoms with Crippen molar-refractivity contribution < 1.29 is 9.47 Å². The summed E-state index contributed by atoms with van der Waals surface area (Å²) in [5, 5.41) is 0. The van der Waals surface area contributed by atoms with Gasteiger partial charge in [-0.15, -0.1) is 0 Å². The largest absolute Gasteiger partial charge is 0.381 e. The summed E-state index contributed by atoms with van der Waals surface area (Å²) < 4.78 is 12.6. The van der Waals surface area contributed by atoms with Gasteiger partial charge in [0, 0.05) is 37.1 Å². The van der Waals surface area contributed by atoms with Gasteiger partial charge in [-0.3, -0.25) is 0 Å². The Hall–Kier alpha value is 0.650. The second-order valence-corrected chi connectivity index (χ2v) is 5.10. The van der Waals surface area contributed by atoms with Gasteiger partial charge in [0.15, 0.2) is 0 Å². The molecule has 0 bridgehead atoms. The number of rotatable bonds is 7. The zero-order chi connectivity index (χ0) is 11.0. The Morgan fingerprint density at radius 2 is 1.93 bits per heavy atom. The Balaban J connectivity index is 2.15. The highest BCUT2D eigenvalue weighted by atomic mass is 127. The Morgan fingerprint density at radius 1 is 1.20 bits per heavy atom. The van der Waals surface area contributed by atoms with Crippen LogP contribution in [-0.4, -0.2) is 29.8 Å². The van der Waals surface area contributed by atoms with Crippen LogP contribution in [0.3, 0.4) is 0 Å². The quantitative estimate of drug-likeness (QED) is 0.405. The highest BCUT2D eigenvalue weighted by Gasteiger charge is 2.32. The summed E-state index contributed by atoms with van der Waals surface area (Å²) in [5.74, 6) is 0. The molecule has 0 aromatic rings. The van der Waals surface area contributed by atoms with Crippen LogP contribution in [0.4, 0.5) is 0 Å². The lowest BCUT2D eigenvalue weighted by molar-refractivity contribution is -0.0949. The van der Waals surface area contributed by atoms with Crippen LogP contribution in [0.1, 0.15) is 45.4 Å². The van der Waals surface area contributed by atoms with Crippen molar-refractivity contribution in [2.24, 2.45) is 0 Å². The molecule has 1 aliphatic heterocycles. The lowest BCUT2D eigenvalue weighted by atomic mass is 9.97. The average molecular weight is 326 g/mol. The van der Waals surface area contributed by atoms with E-state index in [0.29, 0.717) is 0 Å². The average Bonchev–Trinajstić information content (AvgIpc) is 2.30. The van der Waals surface area contributed by atoms with E-state index in [1.54, 1.807) is 0 Å². The molecular weight excluding hydrogens is 303 g/mol. The van der Waals surface area contributed by atoms with Crippen LogP contribution in [0.2, 0.25) is 0 Å². The van der Waals surface area contributed by atoms with Crippen molar-refractivity contribution >= 4 is 22.6 Å². The van der Waals surface area contributed by atoms with E-state index in [1.807, 2.05) is 0 Å². The second kappa shape index (κ2) is 7.85. The van der Waals surface area contributed by atoms with Gasteiger partial charge in [-0.05, 0) is 6.42 Å². The molecule has 0 unspecified atom stereocenters. The maximum atomic E-state index is 6.08. The predicted octanol–water partition coefficient (Wildman–Crippen LogP) is 3.57. The highest BCUT2D eigenvalue weighted by Crippen LogP contribution is 2.27. The van der Waals surface area contributed by atoms with Gasteiger partial charge in [0.2, 0.25) is 0 Å². The minimum Gasteiger partial charge on any atom is -0.381 e. The van der Waals surface area contributed by atoms with Crippen molar-refractivity contribution in [3.63, 3.8) is 0 Å². The Bertz CT molecular complexity index is 156. The molecule has 90 valence electrons. The molecule has 1 saturated heterocycles. The van der Waals surface area contributed by atoms with Crippen molar-refractivity contribution in [3.8, 4) is 0 Å². The molecule has 2 nitrogen and oxygen atoms in total. The molecule has 0 amide bonds. The molecule has 1 fully saturated rings. The number of ether oxygens (including phenoxy) is 2. The lowest BCUT2D eigenvalue weighted by Crippen LogP contribution is -2.41. The van der Waals surface area contributed by atoms with E-state index >= 15 is 0 Å². The molecule has 1 aliphatic rings. The van der Waals surface area contributed by atoms with Crippen LogP contribution < -0.4 is 0 Å². The number of halogens is 1. The van der Waals surface area contributed by atoms with Crippen LogP contribution in [0.25, 0.3) is 0 Å². The van der Waals surface area contributed by atoms with Crippen LogP contribution in [-0.2, 0) is 9.47 Å². The Kier molecular flexibility index (Phi) is 7.17. The van der Waals surface area contributed by atoms with E-state index < -0.39 is 0 Å². The zero-order valence-corrected chi connectivity index (χ0v) is 11.9. The van der Waals surface area contributed by atoms with Crippen LogP contribution in [0, 0.1) is 0 Å². The third kappa shape index (κ3) is 5.00. The van der Waals surface area contributed by atoms with E-state index in [0.717, 1.165) is 37.1 Å². The van der Waals surface area contributed by atoms with Gasteiger partial charge in [-0.25, -0.2) is 0 Å². The summed E-state index contributed by atoms with van der Waals surface area (Å²) in [6.07, 6.45) is 7.31. The molecule has 1 rings (SSSR count). The van der Waals surface area contributed by atoms with E-state index in [9.17, 15) is 0 Å².